The second-order valence-electron chi connectivity index (χ2n) is 3.58. The lowest BCUT2D eigenvalue weighted by atomic mass is 10.1. The summed E-state index contributed by atoms with van der Waals surface area (Å²) in [6, 6.07) is 0. The van der Waals surface area contributed by atoms with Crippen molar-refractivity contribution in [1.29, 1.82) is 0 Å². The van der Waals surface area contributed by atoms with Gasteiger partial charge in [0, 0.05) is 18.0 Å². The van der Waals surface area contributed by atoms with Crippen LogP contribution in [0.25, 0.3) is 0 Å². The fourth-order valence-corrected chi connectivity index (χ4v) is 1.54. The summed E-state index contributed by atoms with van der Waals surface area (Å²) in [7, 11) is 0. The highest BCUT2D eigenvalue weighted by Gasteiger charge is 2.09. The van der Waals surface area contributed by atoms with Crippen molar-refractivity contribution < 1.29 is 0 Å². The molecule has 0 spiro atoms. The first kappa shape index (κ1) is 15.1. The lowest BCUT2D eigenvalue weighted by molar-refractivity contribution is 0.725. The third kappa shape index (κ3) is 5.26. The molecule has 16 heavy (non-hydrogen) atoms. The summed E-state index contributed by atoms with van der Waals surface area (Å²) in [6.07, 6.45) is 6.50. The molecule has 1 aliphatic heterocycles. The Morgan fingerprint density at radius 2 is 2.00 bits per heavy atom. The largest absolute Gasteiger partial charge is 0.313 e. The van der Waals surface area contributed by atoms with E-state index >= 15 is 0 Å². The number of nitrogens with zero attached hydrogens (tertiary/aromatic N) is 1. The van der Waals surface area contributed by atoms with Gasteiger partial charge in [-0.05, 0) is 45.7 Å². The van der Waals surface area contributed by atoms with Crippen LogP contribution >= 0.6 is 0 Å². The van der Waals surface area contributed by atoms with Crippen LogP contribution in [0.3, 0.4) is 0 Å². The van der Waals surface area contributed by atoms with Gasteiger partial charge in [0.05, 0.1) is 0 Å². The van der Waals surface area contributed by atoms with Crippen LogP contribution < -0.4 is 5.32 Å². The molecule has 0 aromatic heterocycles. The van der Waals surface area contributed by atoms with Crippen molar-refractivity contribution in [2.75, 3.05) is 13.1 Å². The molecule has 0 aliphatic carbocycles. The van der Waals surface area contributed by atoms with Crippen LogP contribution in [0, 0.1) is 0 Å². The normalized spacial score (nSPS) is 22.7. The van der Waals surface area contributed by atoms with Crippen molar-refractivity contribution in [1.82, 2.24) is 5.32 Å². The van der Waals surface area contributed by atoms with E-state index in [1.807, 2.05) is 20.8 Å². The van der Waals surface area contributed by atoms with Crippen LogP contribution in [-0.4, -0.2) is 18.8 Å². The maximum absolute atomic E-state index is 4.64. The molecule has 1 rings (SSSR count). The molecule has 0 bridgehead atoms. The second kappa shape index (κ2) is 9.34. The van der Waals surface area contributed by atoms with Crippen LogP contribution in [0.5, 0.6) is 0 Å². The highest BCUT2D eigenvalue weighted by molar-refractivity contribution is 6.01. The monoisotopic (exact) mass is 222 g/mol. The van der Waals surface area contributed by atoms with Crippen LogP contribution in [-0.2, 0) is 0 Å². The first-order valence-corrected chi connectivity index (χ1v) is 6.34. The maximum Gasteiger partial charge on any atom is 0.0448 e. The van der Waals surface area contributed by atoms with Crippen LogP contribution in [0.4, 0.5) is 0 Å². The van der Waals surface area contributed by atoms with Gasteiger partial charge < -0.3 is 5.32 Å². The highest BCUT2D eigenvalue weighted by atomic mass is 14.9. The summed E-state index contributed by atoms with van der Waals surface area (Å²) in [4.78, 5) is 4.64. The number of nitrogens with one attached hydrogen (secondary N) is 1. The van der Waals surface area contributed by atoms with Crippen molar-refractivity contribution in [3.8, 4) is 0 Å². The zero-order valence-electron chi connectivity index (χ0n) is 11.4. The van der Waals surface area contributed by atoms with E-state index in [9.17, 15) is 0 Å². The third-order valence-electron chi connectivity index (χ3n) is 2.53. The minimum atomic E-state index is 0.965. The molecule has 92 valence electrons. The molecule has 0 amide bonds. The Hall–Kier alpha value is -0.890. The minimum absolute atomic E-state index is 0.965. The van der Waals surface area contributed by atoms with Gasteiger partial charge in [-0.25, -0.2) is 0 Å². The number of hydrogen-bond donors (Lipinski definition) is 1. The van der Waals surface area contributed by atoms with E-state index in [1.54, 1.807) is 0 Å². The van der Waals surface area contributed by atoms with Crippen molar-refractivity contribution >= 4 is 5.71 Å². The Labute approximate surface area is 101 Å². The minimum Gasteiger partial charge on any atom is -0.313 e. The summed E-state index contributed by atoms with van der Waals surface area (Å²) in [5.41, 5.74) is 3.72. The molecule has 0 aromatic rings. The predicted molar refractivity (Wildman–Crippen MR) is 74.1 cm³/mol. The molecule has 1 fully saturated rings. The van der Waals surface area contributed by atoms with E-state index in [2.05, 4.69) is 36.3 Å². The zero-order chi connectivity index (χ0) is 12.4. The van der Waals surface area contributed by atoms with Gasteiger partial charge in [0.1, 0.15) is 0 Å². The topological polar surface area (TPSA) is 24.4 Å². The molecule has 1 saturated heterocycles. The summed E-state index contributed by atoms with van der Waals surface area (Å²) in [5.74, 6) is 0. The number of hydrogen-bond acceptors (Lipinski definition) is 2. The molecular formula is C14H26N2. The van der Waals surface area contributed by atoms with Crippen molar-refractivity contribution in [2.24, 2.45) is 4.99 Å². The average molecular weight is 222 g/mol. The Morgan fingerprint density at radius 1 is 1.31 bits per heavy atom. The summed E-state index contributed by atoms with van der Waals surface area (Å²) in [5, 5.41) is 3.40. The highest BCUT2D eigenvalue weighted by Crippen LogP contribution is 2.10. The van der Waals surface area contributed by atoms with Gasteiger partial charge >= 0.3 is 0 Å². The predicted octanol–water partition coefficient (Wildman–Crippen LogP) is 3.71. The Morgan fingerprint density at radius 3 is 2.56 bits per heavy atom. The molecule has 0 aromatic carbocycles. The molecule has 1 aliphatic rings. The average Bonchev–Trinajstić information content (AvgIpc) is 2.56. The van der Waals surface area contributed by atoms with E-state index in [1.165, 1.54) is 17.7 Å². The van der Waals surface area contributed by atoms with Crippen LogP contribution in [0.15, 0.2) is 28.4 Å². The fourth-order valence-electron chi connectivity index (χ4n) is 1.54. The lowest BCUT2D eigenvalue weighted by Gasteiger charge is -2.06. The second-order valence-corrected chi connectivity index (χ2v) is 3.58. The van der Waals surface area contributed by atoms with Gasteiger partial charge in [0.2, 0.25) is 0 Å². The first-order valence-electron chi connectivity index (χ1n) is 6.34. The van der Waals surface area contributed by atoms with E-state index < -0.39 is 0 Å². The fraction of sp³-hybridized carbons (Fsp3) is 0.643. The molecule has 0 saturated carbocycles. The molecule has 0 radical (unpaired) electrons. The third-order valence-corrected chi connectivity index (χ3v) is 2.53. The van der Waals surface area contributed by atoms with Gasteiger partial charge in [0.25, 0.3) is 0 Å². The molecule has 0 atom stereocenters. The zero-order valence-corrected chi connectivity index (χ0v) is 11.4. The Kier molecular flexibility index (Phi) is 8.82. The van der Waals surface area contributed by atoms with Crippen molar-refractivity contribution in [3.63, 3.8) is 0 Å². The number of aliphatic imine (C=N–C) groups is 1. The van der Waals surface area contributed by atoms with Gasteiger partial charge in [-0.1, -0.05) is 26.0 Å². The molecule has 1 heterocycles. The molecule has 0 unspecified atom stereocenters. The molecule has 1 N–H and O–H groups in total. The lowest BCUT2D eigenvalue weighted by Crippen LogP contribution is -2.16. The SMILES string of the molecule is CC.C\C=C(C)/N=C1/CCCNC/C1=C/C. The molecular weight excluding hydrogens is 196 g/mol. The summed E-state index contributed by atoms with van der Waals surface area (Å²) in [6.45, 7) is 12.2. The molecule has 2 nitrogen and oxygen atoms in total. The van der Waals surface area contributed by atoms with Crippen LogP contribution in [0.1, 0.15) is 47.5 Å². The Bertz CT molecular complexity index is 272. The van der Waals surface area contributed by atoms with E-state index in [-0.39, 0.29) is 0 Å². The van der Waals surface area contributed by atoms with E-state index in [4.69, 9.17) is 0 Å². The first-order chi connectivity index (χ1) is 7.77. The standard InChI is InChI=1S/C12H20N2.C2H6/c1-4-10(3)14-12-7-6-8-13-9-11(12)5-2;1-2/h4-5,13H,6-9H2,1-3H3;1-2H3/b10-4-,11-5-,14-12-;. The van der Waals surface area contributed by atoms with Crippen molar-refractivity contribution in [3.05, 3.63) is 23.4 Å². The smallest absolute Gasteiger partial charge is 0.0448 e. The summed E-state index contributed by atoms with van der Waals surface area (Å²) < 4.78 is 0. The van der Waals surface area contributed by atoms with Gasteiger partial charge in [0.15, 0.2) is 0 Å². The van der Waals surface area contributed by atoms with Crippen LogP contribution in [0.2, 0.25) is 0 Å². The Balaban J connectivity index is 0.00000106. The quantitative estimate of drug-likeness (QED) is 0.718. The summed E-state index contributed by atoms with van der Waals surface area (Å²) >= 11 is 0. The van der Waals surface area contributed by atoms with Crippen molar-refractivity contribution in [2.45, 2.75) is 47.5 Å². The van der Waals surface area contributed by atoms with E-state index in [0.29, 0.717) is 0 Å². The van der Waals surface area contributed by atoms with Gasteiger partial charge in [-0.15, -0.1) is 0 Å². The number of rotatable bonds is 1. The number of allylic oxidation sites excluding steroid dienone is 3. The van der Waals surface area contributed by atoms with E-state index in [0.717, 1.165) is 25.2 Å². The van der Waals surface area contributed by atoms with Gasteiger partial charge in [-0.2, -0.15) is 0 Å². The van der Waals surface area contributed by atoms with Gasteiger partial charge in [-0.3, -0.25) is 4.99 Å². The maximum atomic E-state index is 4.64. The molecule has 2 heteroatoms.